The number of hydrogen-bond acceptors (Lipinski definition) is 4. The molecule has 0 aliphatic rings. The molecule has 0 aliphatic heterocycles. The molecule has 0 saturated carbocycles. The molecule has 0 heterocycles. The van der Waals surface area contributed by atoms with Gasteiger partial charge in [-0.2, -0.15) is 5.26 Å². The number of carboxylic acid groups (broad SMARTS) is 1. The molecular formula is C13H16N2O3. The molecule has 18 heavy (non-hydrogen) atoms. The Balaban J connectivity index is 2.84. The standard InChI is InChI=1S/C13H16N2O3/c1-3-15(9-13(16)17)8-10-4-5-12(18-2)11(6-10)7-14/h4-6H,3,8-9H2,1-2H3,(H,16,17). The Morgan fingerprint density at radius 3 is 2.78 bits per heavy atom. The van der Waals surface area contributed by atoms with E-state index in [-0.39, 0.29) is 6.54 Å². The lowest BCUT2D eigenvalue weighted by molar-refractivity contribution is -0.138. The normalized spacial score (nSPS) is 10.1. The maximum Gasteiger partial charge on any atom is 0.317 e. The van der Waals surface area contributed by atoms with Gasteiger partial charge in [-0.1, -0.05) is 13.0 Å². The number of rotatable bonds is 6. The first kappa shape index (κ1) is 14.0. The molecule has 0 aliphatic carbocycles. The fourth-order valence-corrected chi connectivity index (χ4v) is 1.67. The van der Waals surface area contributed by atoms with Crippen LogP contribution in [0, 0.1) is 11.3 Å². The van der Waals surface area contributed by atoms with Gasteiger partial charge < -0.3 is 9.84 Å². The van der Waals surface area contributed by atoms with Crippen molar-refractivity contribution >= 4 is 5.97 Å². The van der Waals surface area contributed by atoms with Gasteiger partial charge in [0.25, 0.3) is 0 Å². The van der Waals surface area contributed by atoms with Crippen molar-refractivity contribution in [2.24, 2.45) is 0 Å². The zero-order chi connectivity index (χ0) is 13.5. The minimum Gasteiger partial charge on any atom is -0.495 e. The van der Waals surface area contributed by atoms with Crippen molar-refractivity contribution in [3.05, 3.63) is 29.3 Å². The summed E-state index contributed by atoms with van der Waals surface area (Å²) in [6.07, 6.45) is 0. The molecule has 0 unspecified atom stereocenters. The number of aliphatic carboxylic acids is 1. The molecule has 0 atom stereocenters. The average molecular weight is 248 g/mol. The fraction of sp³-hybridized carbons (Fsp3) is 0.385. The molecular weight excluding hydrogens is 232 g/mol. The molecule has 5 heteroatoms. The third-order valence-corrected chi connectivity index (χ3v) is 2.60. The monoisotopic (exact) mass is 248 g/mol. The highest BCUT2D eigenvalue weighted by molar-refractivity contribution is 5.69. The number of carboxylic acids is 1. The van der Waals surface area contributed by atoms with E-state index in [4.69, 9.17) is 15.1 Å². The van der Waals surface area contributed by atoms with E-state index in [1.54, 1.807) is 17.0 Å². The van der Waals surface area contributed by atoms with Crippen LogP contribution in [0.15, 0.2) is 18.2 Å². The summed E-state index contributed by atoms with van der Waals surface area (Å²) >= 11 is 0. The summed E-state index contributed by atoms with van der Waals surface area (Å²) in [5, 5.41) is 17.7. The second-order valence-corrected chi connectivity index (χ2v) is 3.84. The highest BCUT2D eigenvalue weighted by Gasteiger charge is 2.10. The quantitative estimate of drug-likeness (QED) is 0.825. The number of hydrogen-bond donors (Lipinski definition) is 1. The molecule has 1 aromatic rings. The first-order chi connectivity index (χ1) is 8.60. The molecule has 1 aromatic carbocycles. The second kappa shape index (κ2) is 6.62. The second-order valence-electron chi connectivity index (χ2n) is 3.84. The molecule has 0 bridgehead atoms. The van der Waals surface area contributed by atoms with E-state index in [9.17, 15) is 4.79 Å². The van der Waals surface area contributed by atoms with Crippen LogP contribution < -0.4 is 4.74 Å². The van der Waals surface area contributed by atoms with Gasteiger partial charge in [0.2, 0.25) is 0 Å². The first-order valence-corrected chi connectivity index (χ1v) is 5.61. The van der Waals surface area contributed by atoms with Crippen LogP contribution in [0.3, 0.4) is 0 Å². The third-order valence-electron chi connectivity index (χ3n) is 2.60. The Morgan fingerprint density at radius 2 is 2.28 bits per heavy atom. The smallest absolute Gasteiger partial charge is 0.317 e. The molecule has 0 amide bonds. The van der Waals surface area contributed by atoms with Crippen LogP contribution in [-0.2, 0) is 11.3 Å². The number of nitriles is 1. The Morgan fingerprint density at radius 1 is 1.56 bits per heavy atom. The van der Waals surface area contributed by atoms with Crippen molar-refractivity contribution in [3.8, 4) is 11.8 Å². The van der Waals surface area contributed by atoms with Gasteiger partial charge in [-0.15, -0.1) is 0 Å². The van der Waals surface area contributed by atoms with Gasteiger partial charge in [0.1, 0.15) is 11.8 Å². The van der Waals surface area contributed by atoms with Gasteiger partial charge in [-0.05, 0) is 24.2 Å². The highest BCUT2D eigenvalue weighted by atomic mass is 16.5. The van der Waals surface area contributed by atoms with Crippen LogP contribution in [0.25, 0.3) is 0 Å². The van der Waals surface area contributed by atoms with Crippen molar-refractivity contribution < 1.29 is 14.6 Å². The summed E-state index contributed by atoms with van der Waals surface area (Å²) in [5.74, 6) is -0.326. The van der Waals surface area contributed by atoms with Crippen LogP contribution in [0.5, 0.6) is 5.75 Å². The molecule has 1 N–H and O–H groups in total. The summed E-state index contributed by atoms with van der Waals surface area (Å²) in [6, 6.07) is 7.35. The Kier molecular flexibility index (Phi) is 5.15. The number of likely N-dealkylation sites (N-methyl/N-ethyl adjacent to an activating group) is 1. The molecule has 0 fully saturated rings. The van der Waals surface area contributed by atoms with E-state index in [2.05, 4.69) is 6.07 Å². The Bertz CT molecular complexity index is 466. The summed E-state index contributed by atoms with van der Waals surface area (Å²) in [4.78, 5) is 12.5. The lowest BCUT2D eigenvalue weighted by Gasteiger charge is -2.18. The third kappa shape index (κ3) is 3.75. The van der Waals surface area contributed by atoms with E-state index in [1.807, 2.05) is 13.0 Å². The summed E-state index contributed by atoms with van der Waals surface area (Å²) in [5.41, 5.74) is 1.36. The van der Waals surface area contributed by atoms with Crippen LogP contribution in [0.2, 0.25) is 0 Å². The summed E-state index contributed by atoms with van der Waals surface area (Å²) < 4.78 is 5.06. The Labute approximate surface area is 106 Å². The molecule has 5 nitrogen and oxygen atoms in total. The topological polar surface area (TPSA) is 73.6 Å². The predicted octanol–water partition coefficient (Wildman–Crippen LogP) is 1.47. The van der Waals surface area contributed by atoms with Crippen molar-refractivity contribution in [3.63, 3.8) is 0 Å². The van der Waals surface area contributed by atoms with Gasteiger partial charge in [0.05, 0.1) is 19.2 Å². The number of methoxy groups -OCH3 is 1. The number of carbonyl (C=O) groups is 1. The van der Waals surface area contributed by atoms with E-state index < -0.39 is 5.97 Å². The van der Waals surface area contributed by atoms with E-state index >= 15 is 0 Å². The van der Waals surface area contributed by atoms with E-state index in [0.717, 1.165) is 5.56 Å². The van der Waals surface area contributed by atoms with Crippen LogP contribution in [-0.4, -0.2) is 36.2 Å². The minimum atomic E-state index is -0.856. The number of benzene rings is 1. The maximum absolute atomic E-state index is 10.7. The zero-order valence-electron chi connectivity index (χ0n) is 10.5. The van der Waals surface area contributed by atoms with Crippen molar-refractivity contribution in [2.75, 3.05) is 20.2 Å². The van der Waals surface area contributed by atoms with Crippen LogP contribution >= 0.6 is 0 Å². The largest absolute Gasteiger partial charge is 0.495 e. The van der Waals surface area contributed by atoms with Gasteiger partial charge in [-0.25, -0.2) is 0 Å². The average Bonchev–Trinajstić information content (AvgIpc) is 2.37. The zero-order valence-corrected chi connectivity index (χ0v) is 10.5. The first-order valence-electron chi connectivity index (χ1n) is 5.61. The number of nitrogens with zero attached hydrogens (tertiary/aromatic N) is 2. The molecule has 0 radical (unpaired) electrons. The lowest BCUT2D eigenvalue weighted by atomic mass is 10.1. The van der Waals surface area contributed by atoms with Crippen LogP contribution in [0.4, 0.5) is 0 Å². The molecule has 0 spiro atoms. The Hall–Kier alpha value is -2.06. The van der Waals surface area contributed by atoms with Crippen molar-refractivity contribution in [1.29, 1.82) is 5.26 Å². The van der Waals surface area contributed by atoms with E-state index in [0.29, 0.717) is 24.4 Å². The molecule has 0 saturated heterocycles. The molecule has 0 aromatic heterocycles. The SMILES string of the molecule is CCN(CC(=O)O)Cc1ccc(OC)c(C#N)c1. The molecule has 1 rings (SSSR count). The van der Waals surface area contributed by atoms with Crippen molar-refractivity contribution in [2.45, 2.75) is 13.5 Å². The van der Waals surface area contributed by atoms with E-state index in [1.165, 1.54) is 7.11 Å². The lowest BCUT2D eigenvalue weighted by Crippen LogP contribution is -2.29. The van der Waals surface area contributed by atoms with Gasteiger partial charge in [-0.3, -0.25) is 9.69 Å². The van der Waals surface area contributed by atoms with Gasteiger partial charge in [0.15, 0.2) is 0 Å². The highest BCUT2D eigenvalue weighted by Crippen LogP contribution is 2.19. The molecule has 96 valence electrons. The van der Waals surface area contributed by atoms with Crippen LogP contribution in [0.1, 0.15) is 18.1 Å². The summed E-state index contributed by atoms with van der Waals surface area (Å²) in [6.45, 7) is 3.03. The fourth-order valence-electron chi connectivity index (χ4n) is 1.67. The number of ether oxygens (including phenoxy) is 1. The maximum atomic E-state index is 10.7. The predicted molar refractivity (Wildman–Crippen MR) is 66.3 cm³/mol. The van der Waals surface area contributed by atoms with Gasteiger partial charge in [0, 0.05) is 6.54 Å². The van der Waals surface area contributed by atoms with Gasteiger partial charge >= 0.3 is 5.97 Å². The summed E-state index contributed by atoms with van der Waals surface area (Å²) in [7, 11) is 1.51. The van der Waals surface area contributed by atoms with Crippen molar-refractivity contribution in [1.82, 2.24) is 4.90 Å². The minimum absolute atomic E-state index is 0.00951.